The van der Waals surface area contributed by atoms with E-state index in [2.05, 4.69) is 15.6 Å². The number of anilines is 2. The average Bonchev–Trinajstić information content (AvgIpc) is 2.30. The quantitative estimate of drug-likeness (QED) is 0.702. The van der Waals surface area contributed by atoms with Gasteiger partial charge in [-0.3, -0.25) is 4.79 Å². The van der Waals surface area contributed by atoms with Crippen LogP contribution in [-0.4, -0.2) is 30.6 Å². The van der Waals surface area contributed by atoms with Crippen LogP contribution in [0, 0.1) is 0 Å². The van der Waals surface area contributed by atoms with Crippen molar-refractivity contribution in [2.75, 3.05) is 24.7 Å². The maximum atomic E-state index is 11.4. The van der Waals surface area contributed by atoms with Crippen LogP contribution in [0.2, 0.25) is 0 Å². The number of pyridine rings is 1. The lowest BCUT2D eigenvalue weighted by Crippen LogP contribution is -2.31. The van der Waals surface area contributed by atoms with Crippen molar-refractivity contribution in [3.63, 3.8) is 0 Å². The summed E-state index contributed by atoms with van der Waals surface area (Å²) in [5.41, 5.74) is 6.14. The Morgan fingerprint density at radius 2 is 2.22 bits per heavy atom. The van der Waals surface area contributed by atoms with Gasteiger partial charge in [0.05, 0.1) is 12.8 Å². The fourth-order valence-electron chi connectivity index (χ4n) is 1.41. The summed E-state index contributed by atoms with van der Waals surface area (Å²) in [5, 5.41) is 5.86. The van der Waals surface area contributed by atoms with E-state index in [4.69, 9.17) is 10.5 Å². The van der Waals surface area contributed by atoms with Crippen molar-refractivity contribution < 1.29 is 9.53 Å². The van der Waals surface area contributed by atoms with Gasteiger partial charge in [0, 0.05) is 19.0 Å². The third kappa shape index (κ3) is 4.48. The van der Waals surface area contributed by atoms with Crippen molar-refractivity contribution in [1.29, 1.82) is 0 Å². The van der Waals surface area contributed by atoms with Gasteiger partial charge in [-0.25, -0.2) is 0 Å². The molecule has 4 N–H and O–H groups in total. The number of methoxy groups -OCH3 is 1. The van der Waals surface area contributed by atoms with Crippen molar-refractivity contribution in [1.82, 2.24) is 10.3 Å². The van der Waals surface area contributed by atoms with Crippen molar-refractivity contribution in [3.05, 3.63) is 12.1 Å². The molecular weight excluding hydrogens is 232 g/mol. The maximum absolute atomic E-state index is 11.4. The molecule has 0 unspecified atom stereocenters. The standard InChI is InChI=1S/C12H20N4O2/c1-8(2)15-11(17)6-7-14-10-5-4-9(13)12(16-10)18-3/h4-5,8H,6-7,13H2,1-3H3,(H,14,16)(H,15,17). The van der Waals surface area contributed by atoms with Crippen LogP contribution in [0.1, 0.15) is 20.3 Å². The van der Waals surface area contributed by atoms with Gasteiger partial charge in [-0.15, -0.1) is 0 Å². The largest absolute Gasteiger partial charge is 0.479 e. The van der Waals surface area contributed by atoms with E-state index in [9.17, 15) is 4.79 Å². The molecule has 1 amide bonds. The lowest BCUT2D eigenvalue weighted by Gasteiger charge is -2.10. The van der Waals surface area contributed by atoms with E-state index < -0.39 is 0 Å². The minimum atomic E-state index is 0.0138. The Labute approximate surface area is 107 Å². The van der Waals surface area contributed by atoms with Gasteiger partial charge in [0.25, 0.3) is 0 Å². The Bertz CT molecular complexity index is 407. The summed E-state index contributed by atoms with van der Waals surface area (Å²) in [6.45, 7) is 4.37. The van der Waals surface area contributed by atoms with Crippen LogP contribution >= 0.6 is 0 Å². The molecule has 0 aliphatic rings. The molecule has 0 aliphatic heterocycles. The SMILES string of the molecule is COc1nc(NCCC(=O)NC(C)C)ccc1N. The molecule has 0 radical (unpaired) electrons. The molecule has 100 valence electrons. The first kappa shape index (κ1) is 14.1. The van der Waals surface area contributed by atoms with Crippen molar-refractivity contribution in [3.8, 4) is 5.88 Å². The molecule has 1 aromatic heterocycles. The molecule has 0 atom stereocenters. The van der Waals surface area contributed by atoms with Crippen molar-refractivity contribution in [2.45, 2.75) is 26.3 Å². The molecule has 0 spiro atoms. The van der Waals surface area contributed by atoms with Crippen LogP contribution in [0.3, 0.4) is 0 Å². The monoisotopic (exact) mass is 252 g/mol. The molecule has 1 heterocycles. The van der Waals surface area contributed by atoms with Gasteiger partial charge in [-0.2, -0.15) is 4.98 Å². The van der Waals surface area contributed by atoms with Crippen LogP contribution in [0.5, 0.6) is 5.88 Å². The van der Waals surface area contributed by atoms with Crippen LogP contribution < -0.4 is 21.1 Å². The molecule has 6 heteroatoms. The van der Waals surface area contributed by atoms with E-state index >= 15 is 0 Å². The third-order valence-electron chi connectivity index (χ3n) is 2.19. The number of nitrogen functional groups attached to an aromatic ring is 1. The number of rotatable bonds is 6. The number of hydrogen-bond acceptors (Lipinski definition) is 5. The van der Waals surface area contributed by atoms with E-state index in [0.717, 1.165) is 0 Å². The van der Waals surface area contributed by atoms with Gasteiger partial charge >= 0.3 is 0 Å². The molecule has 0 bridgehead atoms. The number of carbonyl (C=O) groups excluding carboxylic acids is 1. The molecular formula is C12H20N4O2. The highest BCUT2D eigenvalue weighted by atomic mass is 16.5. The molecule has 0 fully saturated rings. The highest BCUT2D eigenvalue weighted by molar-refractivity contribution is 5.76. The number of carbonyl (C=O) groups is 1. The topological polar surface area (TPSA) is 89.3 Å². The van der Waals surface area contributed by atoms with Gasteiger partial charge in [0.2, 0.25) is 11.8 Å². The number of nitrogens with zero attached hydrogens (tertiary/aromatic N) is 1. The third-order valence-corrected chi connectivity index (χ3v) is 2.19. The summed E-state index contributed by atoms with van der Waals surface area (Å²) in [5.74, 6) is 1.03. The van der Waals surface area contributed by atoms with E-state index in [0.29, 0.717) is 30.4 Å². The Morgan fingerprint density at radius 1 is 1.50 bits per heavy atom. The second-order valence-corrected chi connectivity index (χ2v) is 4.19. The first-order chi connectivity index (χ1) is 8.52. The van der Waals surface area contributed by atoms with Gasteiger partial charge in [-0.1, -0.05) is 0 Å². The summed E-state index contributed by atoms with van der Waals surface area (Å²) >= 11 is 0. The minimum absolute atomic E-state index is 0.0138. The number of amides is 1. The minimum Gasteiger partial charge on any atom is -0.479 e. The maximum Gasteiger partial charge on any atom is 0.238 e. The Morgan fingerprint density at radius 3 is 2.83 bits per heavy atom. The zero-order valence-electron chi connectivity index (χ0n) is 11.0. The van der Waals surface area contributed by atoms with Crippen LogP contribution in [0.4, 0.5) is 11.5 Å². The van der Waals surface area contributed by atoms with E-state index in [-0.39, 0.29) is 11.9 Å². The predicted molar refractivity (Wildman–Crippen MR) is 71.6 cm³/mol. The van der Waals surface area contributed by atoms with Crippen LogP contribution in [0.15, 0.2) is 12.1 Å². The highest BCUT2D eigenvalue weighted by Gasteiger charge is 2.05. The lowest BCUT2D eigenvalue weighted by molar-refractivity contribution is -0.121. The van der Waals surface area contributed by atoms with E-state index in [1.54, 1.807) is 12.1 Å². The van der Waals surface area contributed by atoms with E-state index in [1.165, 1.54) is 7.11 Å². The number of ether oxygens (including phenoxy) is 1. The first-order valence-electron chi connectivity index (χ1n) is 5.86. The summed E-state index contributed by atoms with van der Waals surface area (Å²) in [4.78, 5) is 15.6. The predicted octanol–water partition coefficient (Wildman–Crippen LogP) is 0.999. The number of hydrogen-bond donors (Lipinski definition) is 3. The van der Waals surface area contributed by atoms with Gasteiger partial charge < -0.3 is 21.1 Å². The van der Waals surface area contributed by atoms with Crippen molar-refractivity contribution in [2.24, 2.45) is 0 Å². The lowest BCUT2D eigenvalue weighted by atomic mass is 10.3. The zero-order chi connectivity index (χ0) is 13.5. The Balaban J connectivity index is 2.42. The summed E-state index contributed by atoms with van der Waals surface area (Å²) in [6.07, 6.45) is 0.395. The molecule has 0 aliphatic carbocycles. The number of nitrogens with two attached hydrogens (primary N) is 1. The van der Waals surface area contributed by atoms with Crippen molar-refractivity contribution >= 4 is 17.4 Å². The van der Waals surface area contributed by atoms with Gasteiger partial charge in [-0.05, 0) is 26.0 Å². The number of nitrogens with one attached hydrogen (secondary N) is 2. The average molecular weight is 252 g/mol. The highest BCUT2D eigenvalue weighted by Crippen LogP contribution is 2.19. The summed E-state index contributed by atoms with van der Waals surface area (Å²) in [7, 11) is 1.51. The fraction of sp³-hybridized carbons (Fsp3) is 0.500. The Kier molecular flexibility index (Phi) is 5.23. The smallest absolute Gasteiger partial charge is 0.238 e. The molecule has 0 saturated carbocycles. The molecule has 1 aromatic rings. The molecule has 0 aromatic carbocycles. The second-order valence-electron chi connectivity index (χ2n) is 4.19. The Hall–Kier alpha value is -1.98. The van der Waals surface area contributed by atoms with Crippen LogP contribution in [0.25, 0.3) is 0 Å². The summed E-state index contributed by atoms with van der Waals surface area (Å²) in [6, 6.07) is 3.62. The zero-order valence-corrected chi connectivity index (χ0v) is 11.0. The van der Waals surface area contributed by atoms with Crippen LogP contribution in [-0.2, 0) is 4.79 Å². The number of aromatic nitrogens is 1. The fourth-order valence-corrected chi connectivity index (χ4v) is 1.41. The summed E-state index contributed by atoms with van der Waals surface area (Å²) < 4.78 is 5.01. The molecule has 6 nitrogen and oxygen atoms in total. The molecule has 1 rings (SSSR count). The normalized spacial score (nSPS) is 10.2. The first-order valence-corrected chi connectivity index (χ1v) is 5.86. The molecule has 18 heavy (non-hydrogen) atoms. The van der Waals surface area contributed by atoms with Gasteiger partial charge in [0.1, 0.15) is 5.82 Å². The second kappa shape index (κ2) is 6.68. The molecule has 0 saturated heterocycles. The van der Waals surface area contributed by atoms with E-state index in [1.807, 2.05) is 13.8 Å². The van der Waals surface area contributed by atoms with Gasteiger partial charge in [0.15, 0.2) is 0 Å².